The van der Waals surface area contributed by atoms with Crippen molar-refractivity contribution in [3.05, 3.63) is 0 Å². The Morgan fingerprint density at radius 3 is 2.19 bits per heavy atom. The average molecular weight is 370 g/mol. The van der Waals surface area contributed by atoms with Crippen LogP contribution < -0.4 is 5.32 Å². The van der Waals surface area contributed by atoms with Crippen LogP contribution in [0.5, 0.6) is 0 Å². The van der Waals surface area contributed by atoms with Crippen LogP contribution in [0.25, 0.3) is 0 Å². The maximum absolute atomic E-state index is 11.3. The Balaban J connectivity index is 0.000000263. The molecule has 0 aromatic heterocycles. The lowest BCUT2D eigenvalue weighted by molar-refractivity contribution is -0.123. The molecule has 0 saturated heterocycles. The lowest BCUT2D eigenvalue weighted by atomic mass is 9.83. The first-order valence-corrected chi connectivity index (χ1v) is 10.5. The number of ether oxygens (including phenoxy) is 1. The first-order valence-electron chi connectivity index (χ1n) is 10.5. The maximum Gasteiger partial charge on any atom is 0.135 e. The van der Waals surface area contributed by atoms with Crippen molar-refractivity contribution in [3.8, 4) is 0 Å². The molecule has 152 valence electrons. The van der Waals surface area contributed by atoms with E-state index in [1.54, 1.807) is 0 Å². The summed E-state index contributed by atoms with van der Waals surface area (Å²) < 4.78 is 5.39. The average Bonchev–Trinajstić information content (AvgIpc) is 2.71. The Labute approximate surface area is 159 Å². The third kappa shape index (κ3) is 9.24. The molecule has 0 atom stereocenters. The number of nitrogens with one attached hydrogen (secondary N) is 1. The van der Waals surface area contributed by atoms with Crippen molar-refractivity contribution in [2.24, 2.45) is 17.8 Å². The molecule has 2 saturated carbocycles. The highest BCUT2D eigenvalue weighted by Gasteiger charge is 2.24. The molecule has 0 spiro atoms. The van der Waals surface area contributed by atoms with Crippen LogP contribution in [0.4, 0.5) is 0 Å². The van der Waals surface area contributed by atoms with Gasteiger partial charge < -0.3 is 20.0 Å². The number of carbonyl (C=O) groups excluding carboxylic acids is 2. The minimum absolute atomic E-state index is 0.332. The van der Waals surface area contributed by atoms with E-state index in [4.69, 9.17) is 9.84 Å². The van der Waals surface area contributed by atoms with Gasteiger partial charge in [0.15, 0.2) is 0 Å². The zero-order valence-corrected chi connectivity index (χ0v) is 16.8. The van der Waals surface area contributed by atoms with E-state index in [0.717, 1.165) is 57.8 Å². The van der Waals surface area contributed by atoms with Crippen molar-refractivity contribution >= 4 is 12.1 Å². The molecular weight excluding hydrogens is 330 g/mol. The van der Waals surface area contributed by atoms with E-state index in [9.17, 15) is 9.59 Å². The van der Waals surface area contributed by atoms with Gasteiger partial charge in [-0.25, -0.2) is 0 Å². The van der Waals surface area contributed by atoms with Gasteiger partial charge in [0.2, 0.25) is 0 Å². The van der Waals surface area contributed by atoms with Crippen molar-refractivity contribution in [1.29, 1.82) is 0 Å². The fourth-order valence-corrected chi connectivity index (χ4v) is 3.95. The van der Waals surface area contributed by atoms with Gasteiger partial charge in [-0.2, -0.15) is 0 Å². The van der Waals surface area contributed by atoms with Crippen molar-refractivity contribution in [1.82, 2.24) is 5.32 Å². The third-order valence-electron chi connectivity index (χ3n) is 5.90. The van der Waals surface area contributed by atoms with Gasteiger partial charge in [0, 0.05) is 38.0 Å². The molecule has 26 heavy (non-hydrogen) atoms. The second-order valence-electron chi connectivity index (χ2n) is 7.76. The molecule has 5 nitrogen and oxygen atoms in total. The van der Waals surface area contributed by atoms with E-state index in [-0.39, 0.29) is 0 Å². The summed E-state index contributed by atoms with van der Waals surface area (Å²) in [4.78, 5) is 21.4. The SMILES string of the molecule is CCC(=O)C1CCC(NC)CC1.O=CCCOCC1CCC(CO)CC1. The molecule has 0 aromatic carbocycles. The van der Waals surface area contributed by atoms with Gasteiger partial charge >= 0.3 is 0 Å². The number of Topliss-reactive ketones (excluding diaryl/α,β-unsaturated/α-hetero) is 1. The van der Waals surface area contributed by atoms with Gasteiger partial charge in [0.1, 0.15) is 12.1 Å². The first-order chi connectivity index (χ1) is 12.6. The second kappa shape index (κ2) is 14.3. The molecule has 0 bridgehead atoms. The summed E-state index contributed by atoms with van der Waals surface area (Å²) in [6.45, 7) is 3.64. The highest BCUT2D eigenvalue weighted by Crippen LogP contribution is 2.28. The largest absolute Gasteiger partial charge is 0.396 e. The van der Waals surface area contributed by atoms with Crippen LogP contribution in [-0.4, -0.2) is 50.1 Å². The second-order valence-corrected chi connectivity index (χ2v) is 7.76. The Hall–Kier alpha value is -0.780. The van der Waals surface area contributed by atoms with Gasteiger partial charge in [-0.15, -0.1) is 0 Å². The molecular formula is C21H39NO4. The molecule has 0 amide bonds. The normalized spacial score (nSPS) is 28.7. The zero-order chi connectivity index (χ0) is 19.2. The molecule has 0 heterocycles. The number of hydrogen-bond acceptors (Lipinski definition) is 5. The summed E-state index contributed by atoms with van der Waals surface area (Å²) in [6.07, 6.45) is 11.2. The molecule has 2 aliphatic rings. The summed E-state index contributed by atoms with van der Waals surface area (Å²) >= 11 is 0. The monoisotopic (exact) mass is 369 g/mol. The number of aliphatic hydroxyl groups excluding tert-OH is 1. The van der Waals surface area contributed by atoms with Crippen LogP contribution in [0.2, 0.25) is 0 Å². The standard InChI is InChI=1S/C11H20O3.C10H19NO/c12-6-1-7-14-9-11-4-2-10(8-13)3-5-11;1-3-10(12)8-4-6-9(11-2)7-5-8/h6,10-11,13H,1-5,7-9H2;8-9,11H,3-7H2,1-2H3. The molecule has 2 N–H and O–H groups in total. The van der Waals surface area contributed by atoms with E-state index in [1.165, 1.54) is 12.8 Å². The lowest BCUT2D eigenvalue weighted by Gasteiger charge is -2.26. The van der Waals surface area contributed by atoms with Crippen LogP contribution in [0.3, 0.4) is 0 Å². The van der Waals surface area contributed by atoms with Gasteiger partial charge in [-0.1, -0.05) is 6.92 Å². The molecule has 0 radical (unpaired) electrons. The Kier molecular flexibility index (Phi) is 12.8. The van der Waals surface area contributed by atoms with Crippen LogP contribution >= 0.6 is 0 Å². The molecule has 0 aromatic rings. The number of aliphatic hydroxyl groups is 1. The third-order valence-corrected chi connectivity index (χ3v) is 5.90. The number of hydrogen-bond donors (Lipinski definition) is 2. The number of rotatable bonds is 9. The summed E-state index contributed by atoms with van der Waals surface area (Å²) in [5, 5.41) is 12.2. The molecule has 2 fully saturated rings. The van der Waals surface area contributed by atoms with E-state index in [2.05, 4.69) is 5.32 Å². The summed E-state index contributed by atoms with van der Waals surface area (Å²) in [5.74, 6) is 2.00. The fraction of sp³-hybridized carbons (Fsp3) is 0.905. The van der Waals surface area contributed by atoms with Crippen molar-refractivity contribution in [2.75, 3.05) is 26.9 Å². The highest BCUT2D eigenvalue weighted by molar-refractivity contribution is 5.80. The summed E-state index contributed by atoms with van der Waals surface area (Å²) in [5.41, 5.74) is 0. The maximum atomic E-state index is 11.3. The van der Waals surface area contributed by atoms with Crippen molar-refractivity contribution < 1.29 is 19.4 Å². The van der Waals surface area contributed by atoms with Crippen molar-refractivity contribution in [2.45, 2.75) is 77.2 Å². The number of ketones is 1. The van der Waals surface area contributed by atoms with E-state index in [1.807, 2.05) is 14.0 Å². The quantitative estimate of drug-likeness (QED) is 0.482. The number of aldehydes is 1. The summed E-state index contributed by atoms with van der Waals surface area (Å²) in [6, 6.07) is 0.658. The van der Waals surface area contributed by atoms with Gasteiger partial charge in [-0.3, -0.25) is 4.79 Å². The van der Waals surface area contributed by atoms with Crippen LogP contribution in [0, 0.1) is 17.8 Å². The van der Waals surface area contributed by atoms with E-state index < -0.39 is 0 Å². The molecule has 2 aliphatic carbocycles. The molecule has 2 rings (SSSR count). The Morgan fingerprint density at radius 2 is 1.69 bits per heavy atom. The molecule has 0 unspecified atom stereocenters. The molecule has 5 heteroatoms. The van der Waals surface area contributed by atoms with Crippen molar-refractivity contribution in [3.63, 3.8) is 0 Å². The van der Waals surface area contributed by atoms with Crippen LogP contribution in [-0.2, 0) is 14.3 Å². The minimum Gasteiger partial charge on any atom is -0.396 e. The highest BCUT2D eigenvalue weighted by atomic mass is 16.5. The topological polar surface area (TPSA) is 75.6 Å². The van der Waals surface area contributed by atoms with Crippen LogP contribution in [0.1, 0.15) is 71.1 Å². The first kappa shape index (κ1) is 23.3. The van der Waals surface area contributed by atoms with Gasteiger partial charge in [0.05, 0.1) is 6.61 Å². The van der Waals surface area contributed by atoms with Crippen LogP contribution in [0.15, 0.2) is 0 Å². The number of carbonyl (C=O) groups is 2. The minimum atomic E-state index is 0.332. The van der Waals surface area contributed by atoms with E-state index >= 15 is 0 Å². The van der Waals surface area contributed by atoms with E-state index in [0.29, 0.717) is 49.2 Å². The smallest absolute Gasteiger partial charge is 0.135 e. The predicted molar refractivity (Wildman–Crippen MR) is 104 cm³/mol. The molecule has 0 aliphatic heterocycles. The summed E-state index contributed by atoms with van der Waals surface area (Å²) in [7, 11) is 2.01. The predicted octanol–water partition coefficient (Wildman–Crippen LogP) is 3.13. The fourth-order valence-electron chi connectivity index (χ4n) is 3.95. The lowest BCUT2D eigenvalue weighted by Crippen LogP contribution is -2.32. The zero-order valence-electron chi connectivity index (χ0n) is 16.8. The van der Waals surface area contributed by atoms with Gasteiger partial charge in [-0.05, 0) is 70.3 Å². The Bertz CT molecular complexity index is 372. The van der Waals surface area contributed by atoms with Gasteiger partial charge in [0.25, 0.3) is 0 Å². The Morgan fingerprint density at radius 1 is 1.08 bits per heavy atom.